The van der Waals surface area contributed by atoms with Crippen molar-refractivity contribution in [3.8, 4) is 5.69 Å². The Hall–Kier alpha value is -2.34. The molecular formula is C14H19N5O. The highest BCUT2D eigenvalue weighted by Gasteiger charge is 2.22. The molecule has 0 saturated carbocycles. The molecule has 20 heavy (non-hydrogen) atoms. The number of primary amides is 1. The molecule has 0 unspecified atom stereocenters. The maximum atomic E-state index is 11.6. The minimum Gasteiger partial charge on any atom is -0.395 e. The lowest BCUT2D eigenvalue weighted by molar-refractivity contribution is 0.0994. The van der Waals surface area contributed by atoms with Crippen LogP contribution in [0.25, 0.3) is 5.69 Å². The van der Waals surface area contributed by atoms with Crippen LogP contribution in [0.1, 0.15) is 41.5 Å². The minimum atomic E-state index is -0.593. The van der Waals surface area contributed by atoms with Crippen molar-refractivity contribution in [2.24, 2.45) is 11.5 Å². The highest BCUT2D eigenvalue weighted by atomic mass is 16.1. The Kier molecular flexibility index (Phi) is 3.76. The molecule has 0 bridgehead atoms. The molecule has 1 aromatic heterocycles. The molecule has 1 heterocycles. The Bertz CT molecular complexity index is 628. The number of amides is 1. The van der Waals surface area contributed by atoms with E-state index in [0.29, 0.717) is 17.9 Å². The number of benzene rings is 1. The fraction of sp³-hybridized carbons (Fsp3) is 0.286. The van der Waals surface area contributed by atoms with Crippen LogP contribution in [0.4, 0.5) is 5.69 Å². The van der Waals surface area contributed by atoms with Gasteiger partial charge in [-0.15, -0.1) is 0 Å². The van der Waals surface area contributed by atoms with E-state index < -0.39 is 5.91 Å². The van der Waals surface area contributed by atoms with Gasteiger partial charge in [0.15, 0.2) is 5.69 Å². The number of nitrogens with zero attached hydrogens (tertiary/aromatic N) is 2. The van der Waals surface area contributed by atoms with E-state index in [1.54, 1.807) is 0 Å². The lowest BCUT2D eigenvalue weighted by Crippen LogP contribution is -2.18. The van der Waals surface area contributed by atoms with E-state index in [2.05, 4.69) is 5.10 Å². The molecule has 6 nitrogen and oxygen atoms in total. The number of hydrogen-bond acceptors (Lipinski definition) is 4. The summed E-state index contributed by atoms with van der Waals surface area (Å²) in [6.07, 6.45) is 0. The molecule has 0 aliphatic rings. The zero-order chi connectivity index (χ0) is 14.9. The minimum absolute atomic E-state index is 0.109. The smallest absolute Gasteiger partial charge is 0.269 e. The summed E-state index contributed by atoms with van der Waals surface area (Å²) in [6, 6.07) is 7.44. The van der Waals surface area contributed by atoms with Gasteiger partial charge in [0.1, 0.15) is 0 Å². The SMILES string of the molecule is CC(C)c1nn(-c2ccc(CN)cc2)c(C(N)=O)c1N. The van der Waals surface area contributed by atoms with E-state index in [4.69, 9.17) is 17.2 Å². The van der Waals surface area contributed by atoms with E-state index in [-0.39, 0.29) is 11.6 Å². The lowest BCUT2D eigenvalue weighted by Gasteiger charge is -2.06. The summed E-state index contributed by atoms with van der Waals surface area (Å²) in [6.45, 7) is 4.39. The summed E-state index contributed by atoms with van der Waals surface area (Å²) in [5.41, 5.74) is 19.9. The molecule has 0 radical (unpaired) electrons. The molecule has 0 atom stereocenters. The molecule has 0 spiro atoms. The van der Waals surface area contributed by atoms with Gasteiger partial charge in [-0.2, -0.15) is 5.10 Å². The van der Waals surface area contributed by atoms with Crippen molar-refractivity contribution >= 4 is 11.6 Å². The Morgan fingerprint density at radius 3 is 2.35 bits per heavy atom. The van der Waals surface area contributed by atoms with Gasteiger partial charge in [-0.3, -0.25) is 4.79 Å². The maximum Gasteiger partial charge on any atom is 0.269 e. The first-order valence-corrected chi connectivity index (χ1v) is 6.43. The summed E-state index contributed by atoms with van der Waals surface area (Å²) < 4.78 is 1.49. The molecule has 1 amide bonds. The number of nitrogens with two attached hydrogens (primary N) is 3. The third-order valence-corrected chi connectivity index (χ3v) is 3.15. The molecule has 6 heteroatoms. The van der Waals surface area contributed by atoms with Crippen molar-refractivity contribution in [3.63, 3.8) is 0 Å². The van der Waals surface area contributed by atoms with E-state index in [1.807, 2.05) is 38.1 Å². The topological polar surface area (TPSA) is 113 Å². The highest BCUT2D eigenvalue weighted by Crippen LogP contribution is 2.26. The first-order chi connectivity index (χ1) is 9.45. The van der Waals surface area contributed by atoms with Crippen LogP contribution in [-0.4, -0.2) is 15.7 Å². The van der Waals surface area contributed by atoms with Gasteiger partial charge < -0.3 is 17.2 Å². The van der Waals surface area contributed by atoms with Gasteiger partial charge >= 0.3 is 0 Å². The molecule has 106 valence electrons. The molecule has 0 saturated heterocycles. The first kappa shape index (κ1) is 14.1. The third-order valence-electron chi connectivity index (χ3n) is 3.15. The fourth-order valence-corrected chi connectivity index (χ4v) is 2.07. The van der Waals surface area contributed by atoms with Crippen LogP contribution in [0.2, 0.25) is 0 Å². The number of hydrogen-bond donors (Lipinski definition) is 3. The predicted octanol–water partition coefficient (Wildman–Crippen LogP) is 1.14. The van der Waals surface area contributed by atoms with Crippen LogP contribution >= 0.6 is 0 Å². The van der Waals surface area contributed by atoms with Gasteiger partial charge in [-0.05, 0) is 23.6 Å². The Labute approximate surface area is 117 Å². The second-order valence-electron chi connectivity index (χ2n) is 4.95. The monoisotopic (exact) mass is 273 g/mol. The number of anilines is 1. The third kappa shape index (κ3) is 2.37. The second-order valence-corrected chi connectivity index (χ2v) is 4.95. The normalized spacial score (nSPS) is 11.0. The molecule has 0 fully saturated rings. The van der Waals surface area contributed by atoms with Gasteiger partial charge in [0.05, 0.1) is 17.1 Å². The zero-order valence-corrected chi connectivity index (χ0v) is 11.6. The van der Waals surface area contributed by atoms with Crippen molar-refractivity contribution in [3.05, 3.63) is 41.2 Å². The summed E-state index contributed by atoms with van der Waals surface area (Å²) in [5, 5.41) is 4.42. The quantitative estimate of drug-likeness (QED) is 0.775. The molecule has 1 aromatic carbocycles. The summed E-state index contributed by atoms with van der Waals surface area (Å²) in [4.78, 5) is 11.6. The van der Waals surface area contributed by atoms with Gasteiger partial charge in [-0.25, -0.2) is 4.68 Å². The highest BCUT2D eigenvalue weighted by molar-refractivity contribution is 5.97. The predicted molar refractivity (Wildman–Crippen MR) is 78.5 cm³/mol. The average molecular weight is 273 g/mol. The second kappa shape index (κ2) is 5.34. The average Bonchev–Trinajstić information content (AvgIpc) is 2.76. The number of rotatable bonds is 4. The number of aromatic nitrogens is 2. The Balaban J connectivity index is 2.59. The van der Waals surface area contributed by atoms with Gasteiger partial charge in [0.2, 0.25) is 0 Å². The zero-order valence-electron chi connectivity index (χ0n) is 11.6. The number of carbonyl (C=O) groups excluding carboxylic acids is 1. The standard InChI is InChI=1S/C14H19N5O/c1-8(2)12-11(16)13(14(17)20)19(18-12)10-5-3-9(7-15)4-6-10/h3-6,8H,7,15-16H2,1-2H3,(H2,17,20). The molecule has 2 aromatic rings. The molecule has 0 aliphatic carbocycles. The largest absolute Gasteiger partial charge is 0.395 e. The van der Waals surface area contributed by atoms with Crippen molar-refractivity contribution in [1.82, 2.24) is 9.78 Å². The van der Waals surface area contributed by atoms with E-state index >= 15 is 0 Å². The lowest BCUT2D eigenvalue weighted by atomic mass is 10.1. The number of nitrogen functional groups attached to an aromatic ring is 1. The van der Waals surface area contributed by atoms with Crippen LogP contribution in [0, 0.1) is 0 Å². The van der Waals surface area contributed by atoms with Crippen LogP contribution in [-0.2, 0) is 6.54 Å². The van der Waals surface area contributed by atoms with Gasteiger partial charge in [0.25, 0.3) is 5.91 Å². The molecular weight excluding hydrogens is 254 g/mol. The van der Waals surface area contributed by atoms with Crippen LogP contribution < -0.4 is 17.2 Å². The number of carbonyl (C=O) groups is 1. The van der Waals surface area contributed by atoms with Gasteiger partial charge in [-0.1, -0.05) is 26.0 Å². The van der Waals surface area contributed by atoms with Crippen molar-refractivity contribution in [2.45, 2.75) is 26.3 Å². The van der Waals surface area contributed by atoms with E-state index in [9.17, 15) is 4.79 Å². The van der Waals surface area contributed by atoms with Crippen molar-refractivity contribution < 1.29 is 4.79 Å². The van der Waals surface area contributed by atoms with E-state index in [0.717, 1.165) is 11.3 Å². The Morgan fingerprint density at radius 1 is 1.30 bits per heavy atom. The molecule has 0 aliphatic heterocycles. The Morgan fingerprint density at radius 2 is 1.90 bits per heavy atom. The summed E-state index contributed by atoms with van der Waals surface area (Å²) in [5.74, 6) is -0.484. The molecule has 6 N–H and O–H groups in total. The van der Waals surface area contributed by atoms with Gasteiger partial charge in [0, 0.05) is 6.54 Å². The van der Waals surface area contributed by atoms with Crippen LogP contribution in [0.5, 0.6) is 0 Å². The summed E-state index contributed by atoms with van der Waals surface area (Å²) in [7, 11) is 0. The van der Waals surface area contributed by atoms with E-state index in [1.165, 1.54) is 4.68 Å². The molecule has 2 rings (SSSR count). The van der Waals surface area contributed by atoms with Crippen molar-refractivity contribution in [2.75, 3.05) is 5.73 Å². The summed E-state index contributed by atoms with van der Waals surface area (Å²) >= 11 is 0. The first-order valence-electron chi connectivity index (χ1n) is 6.43. The van der Waals surface area contributed by atoms with Crippen molar-refractivity contribution in [1.29, 1.82) is 0 Å². The van der Waals surface area contributed by atoms with Crippen LogP contribution in [0.15, 0.2) is 24.3 Å². The van der Waals surface area contributed by atoms with Crippen LogP contribution in [0.3, 0.4) is 0 Å². The maximum absolute atomic E-state index is 11.6. The fourth-order valence-electron chi connectivity index (χ4n) is 2.07.